The summed E-state index contributed by atoms with van der Waals surface area (Å²) in [5.41, 5.74) is 0.321. The molecular weight excluding hydrogens is 304 g/mol. The number of hydrogen-bond acceptors (Lipinski definition) is 3. The van der Waals surface area contributed by atoms with E-state index in [4.69, 9.17) is 0 Å². The number of ether oxygens (including phenoxy) is 2. The molecule has 0 aliphatic rings. The van der Waals surface area contributed by atoms with Crippen LogP contribution in [0.2, 0.25) is 0 Å². The van der Waals surface area contributed by atoms with Crippen LogP contribution in [-0.4, -0.2) is 32.8 Å². The van der Waals surface area contributed by atoms with Crippen molar-refractivity contribution >= 4 is 0 Å². The molecule has 1 unspecified atom stereocenters. The number of rotatable bonds is 6. The first-order valence-electron chi connectivity index (χ1n) is 5.78. The summed E-state index contributed by atoms with van der Waals surface area (Å²) in [6.07, 6.45) is -9.29. The zero-order chi connectivity index (χ0) is 16.1. The highest BCUT2D eigenvalue weighted by Crippen LogP contribution is 2.26. The highest BCUT2D eigenvalue weighted by Gasteiger charge is 2.31. The predicted octanol–water partition coefficient (Wildman–Crippen LogP) is 3.42. The molecule has 0 saturated carbocycles. The minimum atomic E-state index is -4.83. The molecule has 0 saturated heterocycles. The topological polar surface area (TPSA) is 30.5 Å². The number of hydrogen-bond donors (Lipinski definition) is 1. The van der Waals surface area contributed by atoms with E-state index in [1.807, 2.05) is 0 Å². The van der Waals surface area contributed by atoms with Gasteiger partial charge in [0.05, 0.1) is 12.6 Å². The summed E-state index contributed by atoms with van der Waals surface area (Å²) in [6, 6.07) is 4.27. The molecular formula is C12H13F6NO2. The van der Waals surface area contributed by atoms with E-state index in [1.54, 1.807) is 0 Å². The molecule has 3 nitrogen and oxygen atoms in total. The van der Waals surface area contributed by atoms with Crippen LogP contribution in [0.15, 0.2) is 24.3 Å². The molecule has 0 aromatic heterocycles. The lowest BCUT2D eigenvalue weighted by Gasteiger charge is -2.18. The van der Waals surface area contributed by atoms with E-state index in [1.165, 1.54) is 19.2 Å². The third-order valence-corrected chi connectivity index (χ3v) is 2.39. The van der Waals surface area contributed by atoms with Crippen LogP contribution in [-0.2, 0) is 4.74 Å². The van der Waals surface area contributed by atoms with Gasteiger partial charge in [0.25, 0.3) is 0 Å². The zero-order valence-corrected chi connectivity index (χ0v) is 10.9. The van der Waals surface area contributed by atoms with Gasteiger partial charge >= 0.3 is 12.5 Å². The largest absolute Gasteiger partial charge is 0.573 e. The lowest BCUT2D eigenvalue weighted by Crippen LogP contribution is -2.25. The summed E-state index contributed by atoms with van der Waals surface area (Å²) in [4.78, 5) is 0. The maximum atomic E-state index is 12.1. The van der Waals surface area contributed by atoms with Crippen molar-refractivity contribution in [2.75, 3.05) is 20.3 Å². The van der Waals surface area contributed by atoms with E-state index in [-0.39, 0.29) is 6.61 Å². The second-order valence-corrected chi connectivity index (χ2v) is 4.09. The Labute approximate surface area is 116 Å². The number of likely N-dealkylation sites (N-methyl/N-ethyl adjacent to an activating group) is 1. The molecule has 0 aliphatic heterocycles. The van der Waals surface area contributed by atoms with Crippen molar-refractivity contribution in [3.05, 3.63) is 29.8 Å². The Hall–Kier alpha value is -1.48. The molecule has 21 heavy (non-hydrogen) atoms. The van der Waals surface area contributed by atoms with Gasteiger partial charge in [-0.05, 0) is 24.7 Å². The van der Waals surface area contributed by atoms with Crippen molar-refractivity contribution in [1.29, 1.82) is 0 Å². The fourth-order valence-electron chi connectivity index (χ4n) is 1.57. The van der Waals surface area contributed by atoms with E-state index < -0.39 is 30.9 Å². The van der Waals surface area contributed by atoms with Gasteiger partial charge in [0.2, 0.25) is 0 Å². The van der Waals surface area contributed by atoms with E-state index >= 15 is 0 Å². The Kier molecular flexibility index (Phi) is 5.85. The van der Waals surface area contributed by atoms with E-state index in [2.05, 4.69) is 14.8 Å². The second-order valence-electron chi connectivity index (χ2n) is 4.09. The fourth-order valence-corrected chi connectivity index (χ4v) is 1.57. The molecule has 0 aliphatic carbocycles. The van der Waals surface area contributed by atoms with Gasteiger partial charge in [-0.1, -0.05) is 12.1 Å². The molecule has 1 aromatic carbocycles. The van der Waals surface area contributed by atoms with Crippen molar-refractivity contribution in [2.24, 2.45) is 0 Å². The minimum absolute atomic E-state index is 0.321. The van der Waals surface area contributed by atoms with Gasteiger partial charge < -0.3 is 14.8 Å². The van der Waals surface area contributed by atoms with Crippen LogP contribution in [0.1, 0.15) is 11.6 Å². The lowest BCUT2D eigenvalue weighted by molar-refractivity contribution is -0.274. The maximum absolute atomic E-state index is 12.1. The highest BCUT2D eigenvalue weighted by atomic mass is 19.4. The summed E-state index contributed by atoms with van der Waals surface area (Å²) in [7, 11) is 1.46. The first-order valence-corrected chi connectivity index (χ1v) is 5.78. The molecule has 0 radical (unpaired) electrons. The van der Waals surface area contributed by atoms with Gasteiger partial charge in [0.1, 0.15) is 12.4 Å². The Balaban J connectivity index is 2.70. The molecule has 0 bridgehead atoms. The number of nitrogens with one attached hydrogen (secondary N) is 1. The van der Waals surface area contributed by atoms with Crippen LogP contribution in [0.5, 0.6) is 5.75 Å². The number of benzene rings is 1. The van der Waals surface area contributed by atoms with Crippen molar-refractivity contribution in [1.82, 2.24) is 5.32 Å². The zero-order valence-electron chi connectivity index (χ0n) is 10.9. The van der Waals surface area contributed by atoms with Crippen LogP contribution in [0, 0.1) is 0 Å². The van der Waals surface area contributed by atoms with Crippen LogP contribution < -0.4 is 10.1 Å². The third-order valence-electron chi connectivity index (χ3n) is 2.39. The van der Waals surface area contributed by atoms with Gasteiger partial charge in [0, 0.05) is 0 Å². The predicted molar refractivity (Wildman–Crippen MR) is 61.8 cm³/mol. The summed E-state index contributed by atoms with van der Waals surface area (Å²) < 4.78 is 80.5. The molecule has 0 spiro atoms. The molecule has 1 N–H and O–H groups in total. The quantitative estimate of drug-likeness (QED) is 0.816. The Morgan fingerprint density at radius 2 is 1.81 bits per heavy atom. The summed E-state index contributed by atoms with van der Waals surface area (Å²) in [5, 5.41) is 2.67. The van der Waals surface area contributed by atoms with Gasteiger partial charge in [-0.3, -0.25) is 0 Å². The molecule has 1 rings (SSSR count). The molecule has 0 fully saturated rings. The van der Waals surface area contributed by atoms with Crippen LogP contribution >= 0.6 is 0 Å². The van der Waals surface area contributed by atoms with Gasteiger partial charge in [-0.2, -0.15) is 13.2 Å². The summed E-state index contributed by atoms with van der Waals surface area (Å²) in [5.74, 6) is -0.448. The summed E-state index contributed by atoms with van der Waals surface area (Å²) in [6.45, 7) is -1.77. The molecule has 120 valence electrons. The monoisotopic (exact) mass is 317 g/mol. The SMILES string of the molecule is CNC(COCC(F)(F)F)c1cccc(OC(F)(F)F)c1. The van der Waals surface area contributed by atoms with E-state index in [0.717, 1.165) is 12.1 Å². The lowest BCUT2D eigenvalue weighted by atomic mass is 10.1. The van der Waals surface area contributed by atoms with Crippen LogP contribution in [0.25, 0.3) is 0 Å². The van der Waals surface area contributed by atoms with E-state index in [9.17, 15) is 26.3 Å². The molecule has 0 heterocycles. The average molecular weight is 317 g/mol. The van der Waals surface area contributed by atoms with Crippen molar-refractivity contribution in [2.45, 2.75) is 18.6 Å². The molecule has 1 atom stereocenters. The molecule has 9 heteroatoms. The fraction of sp³-hybridized carbons (Fsp3) is 0.500. The highest BCUT2D eigenvalue weighted by molar-refractivity contribution is 5.30. The Morgan fingerprint density at radius 1 is 1.14 bits per heavy atom. The smallest absolute Gasteiger partial charge is 0.406 e. The van der Waals surface area contributed by atoms with Gasteiger partial charge in [-0.25, -0.2) is 0 Å². The normalized spacial score (nSPS) is 14.0. The maximum Gasteiger partial charge on any atom is 0.573 e. The van der Waals surface area contributed by atoms with E-state index in [0.29, 0.717) is 5.56 Å². The van der Waals surface area contributed by atoms with Crippen molar-refractivity contribution < 1.29 is 35.8 Å². The Morgan fingerprint density at radius 3 is 2.33 bits per heavy atom. The standard InChI is InChI=1S/C12H13F6NO2/c1-19-10(6-20-7-11(13,14)15)8-3-2-4-9(5-8)21-12(16,17)18/h2-5,10,19H,6-7H2,1H3. The third kappa shape index (κ3) is 7.19. The van der Waals surface area contributed by atoms with Crippen LogP contribution in [0.3, 0.4) is 0 Å². The number of halogens is 6. The van der Waals surface area contributed by atoms with Gasteiger partial charge in [-0.15, -0.1) is 13.2 Å². The van der Waals surface area contributed by atoms with Crippen molar-refractivity contribution in [3.8, 4) is 5.75 Å². The molecule has 0 amide bonds. The minimum Gasteiger partial charge on any atom is -0.406 e. The molecule has 1 aromatic rings. The average Bonchev–Trinajstić information content (AvgIpc) is 2.31. The first-order chi connectivity index (χ1) is 9.61. The number of alkyl halides is 6. The van der Waals surface area contributed by atoms with Crippen molar-refractivity contribution in [3.63, 3.8) is 0 Å². The Bertz CT molecular complexity index is 446. The first kappa shape index (κ1) is 17.6. The second kappa shape index (κ2) is 6.99. The van der Waals surface area contributed by atoms with Crippen LogP contribution in [0.4, 0.5) is 26.3 Å². The summed E-state index contributed by atoms with van der Waals surface area (Å²) >= 11 is 0. The van der Waals surface area contributed by atoms with Gasteiger partial charge in [0.15, 0.2) is 0 Å².